The van der Waals surface area contributed by atoms with Crippen molar-refractivity contribution in [3.63, 3.8) is 0 Å². The molecule has 1 aromatic rings. The number of rotatable bonds is 1. The van der Waals surface area contributed by atoms with E-state index in [-0.39, 0.29) is 0 Å². The summed E-state index contributed by atoms with van der Waals surface area (Å²) in [4.78, 5) is 0. The zero-order valence-corrected chi connectivity index (χ0v) is 8.66. The summed E-state index contributed by atoms with van der Waals surface area (Å²) in [5.41, 5.74) is 3.04. The summed E-state index contributed by atoms with van der Waals surface area (Å²) in [5.74, 6) is 1.74. The zero-order valence-electron chi connectivity index (χ0n) is 8.66. The molecule has 0 spiro atoms. The summed E-state index contributed by atoms with van der Waals surface area (Å²) >= 11 is 0. The molecule has 1 N–H and O–H groups in total. The Labute approximate surface area is 85.5 Å². The molecular weight excluding hydrogens is 170 g/mol. The van der Waals surface area contributed by atoms with E-state index in [1.165, 1.54) is 24.9 Å². The topological polar surface area (TPSA) is 12.0 Å². The van der Waals surface area contributed by atoms with Gasteiger partial charge in [-0.2, -0.15) is 0 Å². The summed E-state index contributed by atoms with van der Waals surface area (Å²) in [7, 11) is 0. The molecule has 1 heteroatoms. The molecule has 74 valence electrons. The summed E-state index contributed by atoms with van der Waals surface area (Å²) < 4.78 is 0. The summed E-state index contributed by atoms with van der Waals surface area (Å²) in [6.45, 7) is 3.49. The van der Waals surface area contributed by atoms with Crippen LogP contribution in [0.5, 0.6) is 0 Å². The van der Waals surface area contributed by atoms with Crippen LogP contribution < -0.4 is 5.32 Å². The van der Waals surface area contributed by atoms with Crippen molar-refractivity contribution in [1.29, 1.82) is 0 Å². The predicted octanol–water partition coefficient (Wildman–Crippen LogP) is 2.46. The number of hydrogen-bond donors (Lipinski definition) is 1. The molecule has 0 aromatic heterocycles. The van der Waals surface area contributed by atoms with Crippen molar-refractivity contribution in [2.45, 2.75) is 31.7 Å². The van der Waals surface area contributed by atoms with Crippen molar-refractivity contribution in [3.8, 4) is 0 Å². The molecule has 3 rings (SSSR count). The molecule has 1 saturated heterocycles. The summed E-state index contributed by atoms with van der Waals surface area (Å²) in [5, 5.41) is 3.63. The first-order valence-corrected chi connectivity index (χ1v) is 5.63. The van der Waals surface area contributed by atoms with Crippen LogP contribution in [0.15, 0.2) is 24.3 Å². The van der Waals surface area contributed by atoms with Crippen LogP contribution in [0.4, 0.5) is 0 Å². The Morgan fingerprint density at radius 1 is 1.21 bits per heavy atom. The van der Waals surface area contributed by atoms with E-state index < -0.39 is 0 Å². The minimum absolute atomic E-state index is 0.765. The van der Waals surface area contributed by atoms with Crippen LogP contribution >= 0.6 is 0 Å². The van der Waals surface area contributed by atoms with Gasteiger partial charge in [-0.25, -0.2) is 0 Å². The monoisotopic (exact) mass is 187 g/mol. The minimum Gasteiger partial charge on any atom is -0.313 e. The van der Waals surface area contributed by atoms with Crippen LogP contribution in [0.1, 0.15) is 29.9 Å². The Balaban J connectivity index is 1.93. The second-order valence-electron chi connectivity index (χ2n) is 4.82. The SMILES string of the molecule is Cc1ccccc1C1CC2CNC1C2. The van der Waals surface area contributed by atoms with Crippen molar-refractivity contribution in [1.82, 2.24) is 5.32 Å². The third kappa shape index (κ3) is 1.19. The van der Waals surface area contributed by atoms with Crippen LogP contribution in [0.3, 0.4) is 0 Å². The maximum Gasteiger partial charge on any atom is 0.0139 e. The molecule has 2 aliphatic rings. The molecule has 2 bridgehead atoms. The Kier molecular flexibility index (Phi) is 1.88. The number of aryl methyl sites for hydroxylation is 1. The van der Waals surface area contributed by atoms with E-state index in [0.29, 0.717) is 0 Å². The first-order chi connectivity index (χ1) is 6.84. The van der Waals surface area contributed by atoms with Gasteiger partial charge in [0.2, 0.25) is 0 Å². The molecule has 1 aliphatic carbocycles. The number of fused-ring (bicyclic) bond motifs is 2. The molecule has 1 saturated carbocycles. The van der Waals surface area contributed by atoms with Crippen LogP contribution in [0, 0.1) is 12.8 Å². The highest BCUT2D eigenvalue weighted by atomic mass is 15.0. The van der Waals surface area contributed by atoms with E-state index in [9.17, 15) is 0 Å². The van der Waals surface area contributed by atoms with Crippen LogP contribution in [-0.2, 0) is 0 Å². The molecule has 0 amide bonds. The zero-order chi connectivity index (χ0) is 9.54. The summed E-state index contributed by atoms with van der Waals surface area (Å²) in [6.07, 6.45) is 2.81. The normalized spacial score (nSPS) is 35.1. The van der Waals surface area contributed by atoms with E-state index >= 15 is 0 Å². The van der Waals surface area contributed by atoms with Crippen molar-refractivity contribution in [2.24, 2.45) is 5.92 Å². The van der Waals surface area contributed by atoms with Gasteiger partial charge >= 0.3 is 0 Å². The molecule has 14 heavy (non-hydrogen) atoms. The van der Waals surface area contributed by atoms with Gasteiger partial charge in [-0.15, -0.1) is 0 Å². The second-order valence-corrected chi connectivity index (χ2v) is 4.82. The Hall–Kier alpha value is -0.820. The average Bonchev–Trinajstić information content (AvgIpc) is 2.79. The van der Waals surface area contributed by atoms with Gasteiger partial charge in [-0.1, -0.05) is 24.3 Å². The molecule has 3 atom stereocenters. The molecule has 0 radical (unpaired) electrons. The number of nitrogens with one attached hydrogen (secondary N) is 1. The first-order valence-electron chi connectivity index (χ1n) is 5.63. The molecule has 1 aromatic carbocycles. The Morgan fingerprint density at radius 3 is 2.71 bits per heavy atom. The molecule has 1 nitrogen and oxygen atoms in total. The molecule has 3 unspecified atom stereocenters. The van der Waals surface area contributed by atoms with Crippen molar-refractivity contribution in [3.05, 3.63) is 35.4 Å². The molecule has 2 fully saturated rings. The van der Waals surface area contributed by atoms with Gasteiger partial charge in [0.05, 0.1) is 0 Å². The Bertz CT molecular complexity index is 345. The largest absolute Gasteiger partial charge is 0.313 e. The molecular formula is C13H17N. The van der Waals surface area contributed by atoms with Gasteiger partial charge in [0.25, 0.3) is 0 Å². The molecule has 1 heterocycles. The lowest BCUT2D eigenvalue weighted by Gasteiger charge is -2.24. The van der Waals surface area contributed by atoms with Crippen LogP contribution in [0.2, 0.25) is 0 Å². The van der Waals surface area contributed by atoms with Crippen LogP contribution in [0.25, 0.3) is 0 Å². The van der Waals surface area contributed by atoms with Crippen LogP contribution in [-0.4, -0.2) is 12.6 Å². The van der Waals surface area contributed by atoms with Gasteiger partial charge in [0.1, 0.15) is 0 Å². The van der Waals surface area contributed by atoms with E-state index in [1.807, 2.05) is 0 Å². The highest BCUT2D eigenvalue weighted by Gasteiger charge is 2.40. The lowest BCUT2D eigenvalue weighted by molar-refractivity contribution is 0.447. The fraction of sp³-hybridized carbons (Fsp3) is 0.538. The lowest BCUT2D eigenvalue weighted by atomic mass is 9.89. The third-order valence-electron chi connectivity index (χ3n) is 3.92. The quantitative estimate of drug-likeness (QED) is 0.712. The highest BCUT2D eigenvalue weighted by Crippen LogP contribution is 2.42. The van der Waals surface area contributed by atoms with E-state index in [2.05, 4.69) is 36.5 Å². The lowest BCUT2D eigenvalue weighted by Crippen LogP contribution is -2.31. The standard InChI is InChI=1S/C13H17N/c1-9-4-2-3-5-11(9)12-6-10-7-13(12)14-8-10/h2-5,10,12-14H,6-8H2,1H3. The summed E-state index contributed by atoms with van der Waals surface area (Å²) in [6, 6.07) is 9.62. The van der Waals surface area contributed by atoms with Gasteiger partial charge < -0.3 is 5.32 Å². The smallest absolute Gasteiger partial charge is 0.0139 e. The minimum atomic E-state index is 0.765. The predicted molar refractivity (Wildman–Crippen MR) is 58.4 cm³/mol. The van der Waals surface area contributed by atoms with Crippen molar-refractivity contribution in [2.75, 3.05) is 6.54 Å². The van der Waals surface area contributed by atoms with E-state index in [4.69, 9.17) is 0 Å². The first kappa shape index (κ1) is 8.49. The highest BCUT2D eigenvalue weighted by molar-refractivity contribution is 5.32. The average molecular weight is 187 g/mol. The van der Waals surface area contributed by atoms with Gasteiger partial charge in [-0.05, 0) is 49.3 Å². The maximum atomic E-state index is 3.63. The number of hydrogen-bond acceptors (Lipinski definition) is 1. The number of piperidine rings is 1. The van der Waals surface area contributed by atoms with Gasteiger partial charge in [0.15, 0.2) is 0 Å². The maximum absolute atomic E-state index is 3.63. The molecule has 1 aliphatic heterocycles. The third-order valence-corrected chi connectivity index (χ3v) is 3.92. The van der Waals surface area contributed by atoms with E-state index in [0.717, 1.165) is 17.9 Å². The van der Waals surface area contributed by atoms with Crippen molar-refractivity contribution < 1.29 is 0 Å². The van der Waals surface area contributed by atoms with Gasteiger partial charge in [0, 0.05) is 6.04 Å². The second kappa shape index (κ2) is 3.09. The number of benzene rings is 1. The fourth-order valence-corrected chi connectivity index (χ4v) is 3.20. The van der Waals surface area contributed by atoms with Gasteiger partial charge in [-0.3, -0.25) is 0 Å². The fourth-order valence-electron chi connectivity index (χ4n) is 3.20. The Morgan fingerprint density at radius 2 is 2.07 bits per heavy atom. The van der Waals surface area contributed by atoms with Crippen molar-refractivity contribution >= 4 is 0 Å². The van der Waals surface area contributed by atoms with E-state index in [1.54, 1.807) is 5.56 Å².